The molecule has 18 heavy (non-hydrogen) atoms. The minimum atomic E-state index is -3.07. The number of hydrogen-bond donors (Lipinski definition) is 1. The Morgan fingerprint density at radius 3 is 2.17 bits per heavy atom. The van der Waals surface area contributed by atoms with Crippen LogP contribution in [0.15, 0.2) is 0 Å². The zero-order chi connectivity index (χ0) is 13.9. The first-order valence-electron chi connectivity index (χ1n) is 6.56. The van der Waals surface area contributed by atoms with Crippen LogP contribution < -0.4 is 0 Å². The van der Waals surface area contributed by atoms with E-state index in [4.69, 9.17) is 5.26 Å². The summed E-state index contributed by atoms with van der Waals surface area (Å²) >= 11 is 0. The molecule has 0 aliphatic carbocycles. The van der Waals surface area contributed by atoms with Crippen molar-refractivity contribution < 1.29 is 23.4 Å². The Morgan fingerprint density at radius 1 is 1.00 bits per heavy atom. The summed E-state index contributed by atoms with van der Waals surface area (Å²) in [7, 11) is -3.07. The highest BCUT2D eigenvalue weighted by Crippen LogP contribution is 2.08. The minimum Gasteiger partial charge on any atom is -0.301 e. The molecule has 0 bridgehead atoms. The molecule has 0 rings (SSSR count). The van der Waals surface area contributed by atoms with E-state index < -0.39 is 15.8 Å². The van der Waals surface area contributed by atoms with Gasteiger partial charge in [-0.3, -0.25) is 0 Å². The lowest BCUT2D eigenvalue weighted by Crippen LogP contribution is -2.13. The van der Waals surface area contributed by atoms with E-state index in [2.05, 4.69) is 11.8 Å². The number of carbonyl (C=O) groups excluding carboxylic acids is 1. The smallest absolute Gasteiger partial charge is 0.301 e. The Kier molecular flexibility index (Phi) is 9.96. The molecule has 0 heterocycles. The lowest BCUT2D eigenvalue weighted by Gasteiger charge is -2.03. The van der Waals surface area contributed by atoms with Gasteiger partial charge in [0.25, 0.3) is 0 Å². The quantitative estimate of drug-likeness (QED) is 0.357. The summed E-state index contributed by atoms with van der Waals surface area (Å²) < 4.78 is 23.1. The summed E-state index contributed by atoms with van der Waals surface area (Å²) in [4.78, 5) is 14.1. The molecule has 0 saturated heterocycles. The van der Waals surface area contributed by atoms with Gasteiger partial charge in [-0.15, -0.1) is 0 Å². The van der Waals surface area contributed by atoms with Crippen LogP contribution in [-0.2, 0) is 19.5 Å². The molecule has 5 nitrogen and oxygen atoms in total. The van der Waals surface area contributed by atoms with Crippen molar-refractivity contribution in [3.05, 3.63) is 0 Å². The van der Waals surface area contributed by atoms with Gasteiger partial charge in [0, 0.05) is 6.42 Å². The van der Waals surface area contributed by atoms with E-state index in [1.165, 1.54) is 19.3 Å². The van der Waals surface area contributed by atoms with Crippen LogP contribution in [0.25, 0.3) is 0 Å². The fourth-order valence-electron chi connectivity index (χ4n) is 1.69. The number of unbranched alkanes of at least 4 members (excludes halogenated alkanes) is 5. The maximum Gasteiger partial charge on any atom is 0.342 e. The average Bonchev–Trinajstić information content (AvgIpc) is 2.33. The van der Waals surface area contributed by atoms with E-state index in [-0.39, 0.29) is 24.3 Å². The van der Waals surface area contributed by atoms with Crippen molar-refractivity contribution in [1.29, 1.82) is 0 Å². The molecule has 0 atom stereocenters. The van der Waals surface area contributed by atoms with Crippen molar-refractivity contribution in [2.75, 3.05) is 11.5 Å². The maximum atomic E-state index is 11.6. The molecule has 0 fully saturated rings. The molecule has 0 aliphatic rings. The fraction of sp³-hybridized carbons (Fsp3) is 0.917. The van der Waals surface area contributed by atoms with Gasteiger partial charge >= 0.3 is 5.97 Å². The monoisotopic (exact) mass is 280 g/mol. The molecule has 0 aromatic rings. The zero-order valence-electron chi connectivity index (χ0n) is 11.1. The van der Waals surface area contributed by atoms with Gasteiger partial charge in [-0.2, -0.15) is 5.26 Å². The van der Waals surface area contributed by atoms with Gasteiger partial charge in [-0.25, -0.2) is 13.2 Å². The van der Waals surface area contributed by atoms with Gasteiger partial charge in [-0.1, -0.05) is 39.0 Å². The van der Waals surface area contributed by atoms with Crippen LogP contribution in [0.5, 0.6) is 0 Å². The van der Waals surface area contributed by atoms with Gasteiger partial charge in [0.2, 0.25) is 0 Å². The molecule has 0 aromatic heterocycles. The molecule has 6 heteroatoms. The normalized spacial score (nSPS) is 11.4. The van der Waals surface area contributed by atoms with Crippen molar-refractivity contribution in [3.63, 3.8) is 0 Å². The van der Waals surface area contributed by atoms with Gasteiger partial charge < -0.3 is 4.89 Å². The maximum absolute atomic E-state index is 11.6. The third-order valence-corrected chi connectivity index (χ3v) is 4.57. The first kappa shape index (κ1) is 17.4. The van der Waals surface area contributed by atoms with Gasteiger partial charge in [0.15, 0.2) is 0 Å². The van der Waals surface area contributed by atoms with Gasteiger partial charge in [-0.05, 0) is 12.8 Å². The number of rotatable bonds is 11. The fourth-order valence-corrected chi connectivity index (χ4v) is 3.12. The van der Waals surface area contributed by atoms with E-state index in [0.29, 0.717) is 6.42 Å². The predicted octanol–water partition coefficient (Wildman–Crippen LogP) is 2.56. The molecule has 0 amide bonds. The molecular formula is C12H24O5S. The Balaban J connectivity index is 3.58. The van der Waals surface area contributed by atoms with Crippen LogP contribution >= 0.6 is 0 Å². The van der Waals surface area contributed by atoms with Crippen LogP contribution in [0.3, 0.4) is 0 Å². The van der Waals surface area contributed by atoms with E-state index in [1.807, 2.05) is 0 Å². The molecule has 0 unspecified atom stereocenters. The Bertz CT molecular complexity index is 310. The van der Waals surface area contributed by atoms with Crippen molar-refractivity contribution >= 4 is 15.8 Å². The molecule has 0 aromatic carbocycles. The lowest BCUT2D eigenvalue weighted by atomic mass is 10.1. The average molecular weight is 280 g/mol. The second kappa shape index (κ2) is 10.3. The van der Waals surface area contributed by atoms with Crippen molar-refractivity contribution in [1.82, 2.24) is 0 Å². The third kappa shape index (κ3) is 10.5. The van der Waals surface area contributed by atoms with Gasteiger partial charge in [0.05, 0.1) is 11.5 Å². The third-order valence-electron chi connectivity index (χ3n) is 2.75. The first-order chi connectivity index (χ1) is 8.52. The molecular weight excluding hydrogens is 256 g/mol. The summed E-state index contributed by atoms with van der Waals surface area (Å²) in [6.45, 7) is 2.14. The van der Waals surface area contributed by atoms with Crippen LogP contribution in [0, 0.1) is 0 Å². The standard InChI is InChI=1S/C12H24O5S/c1-2-3-4-5-6-7-10-18(15,16)11-8-9-12(13)17-14/h14H,2-11H2,1H3. The predicted molar refractivity (Wildman–Crippen MR) is 70.0 cm³/mol. The number of carbonyl (C=O) groups is 1. The summed E-state index contributed by atoms with van der Waals surface area (Å²) in [5.41, 5.74) is 0. The van der Waals surface area contributed by atoms with Crippen LogP contribution in [0.1, 0.15) is 58.3 Å². The molecule has 0 saturated carbocycles. The van der Waals surface area contributed by atoms with Gasteiger partial charge in [0.1, 0.15) is 9.84 Å². The Hall–Kier alpha value is -0.620. The summed E-state index contributed by atoms with van der Waals surface area (Å²) in [6.07, 6.45) is 6.41. The van der Waals surface area contributed by atoms with Crippen molar-refractivity contribution in [2.24, 2.45) is 0 Å². The molecule has 108 valence electrons. The largest absolute Gasteiger partial charge is 0.342 e. The molecule has 0 aliphatic heterocycles. The van der Waals surface area contributed by atoms with E-state index in [1.54, 1.807) is 0 Å². The topological polar surface area (TPSA) is 80.7 Å². The number of hydrogen-bond acceptors (Lipinski definition) is 5. The van der Waals surface area contributed by atoms with E-state index in [9.17, 15) is 13.2 Å². The minimum absolute atomic E-state index is 0.0168. The highest BCUT2D eigenvalue weighted by atomic mass is 32.2. The van der Waals surface area contributed by atoms with E-state index >= 15 is 0 Å². The van der Waals surface area contributed by atoms with Crippen molar-refractivity contribution in [2.45, 2.75) is 58.3 Å². The molecule has 1 N–H and O–H groups in total. The number of sulfone groups is 1. The summed E-state index contributed by atoms with van der Waals surface area (Å²) in [6, 6.07) is 0. The van der Waals surface area contributed by atoms with Crippen LogP contribution in [0.4, 0.5) is 0 Å². The highest BCUT2D eigenvalue weighted by molar-refractivity contribution is 7.91. The second-order valence-electron chi connectivity index (χ2n) is 4.49. The van der Waals surface area contributed by atoms with E-state index in [0.717, 1.165) is 12.8 Å². The summed E-state index contributed by atoms with van der Waals surface area (Å²) in [5, 5.41) is 8.01. The lowest BCUT2D eigenvalue weighted by molar-refractivity contribution is -0.234. The second-order valence-corrected chi connectivity index (χ2v) is 6.79. The van der Waals surface area contributed by atoms with Crippen LogP contribution in [0.2, 0.25) is 0 Å². The van der Waals surface area contributed by atoms with Crippen LogP contribution in [-0.4, -0.2) is 31.2 Å². The zero-order valence-corrected chi connectivity index (χ0v) is 11.9. The molecule has 0 spiro atoms. The molecule has 0 radical (unpaired) electrons. The summed E-state index contributed by atoms with van der Waals surface area (Å²) in [5.74, 6) is -0.616. The SMILES string of the molecule is CCCCCCCCS(=O)(=O)CCCC(=O)OO. The first-order valence-corrected chi connectivity index (χ1v) is 8.38. The van der Waals surface area contributed by atoms with Crippen molar-refractivity contribution in [3.8, 4) is 0 Å². The Labute approximate surface area is 109 Å². The highest BCUT2D eigenvalue weighted by Gasteiger charge is 2.12. The Morgan fingerprint density at radius 2 is 1.56 bits per heavy atom.